The number of hydrogen-bond donors (Lipinski definition) is 1. The summed E-state index contributed by atoms with van der Waals surface area (Å²) < 4.78 is 35.6. The summed E-state index contributed by atoms with van der Waals surface area (Å²) in [5, 5.41) is -0.709. The zero-order valence-corrected chi connectivity index (χ0v) is 8.72. The summed E-state index contributed by atoms with van der Waals surface area (Å²) in [4.78, 5) is 0. The highest BCUT2D eigenvalue weighted by Gasteiger charge is 2.10. The molecule has 0 aliphatic carbocycles. The summed E-state index contributed by atoms with van der Waals surface area (Å²) >= 11 is 0.671. The predicted molar refractivity (Wildman–Crippen MR) is 49.9 cm³/mol. The van der Waals surface area contributed by atoms with Crippen LogP contribution >= 0.6 is 15.9 Å². The molecule has 0 saturated carbocycles. The highest BCUT2D eigenvalue weighted by atomic mass is 79.9. The lowest BCUT2D eigenvalue weighted by Crippen LogP contribution is -1.99. The van der Waals surface area contributed by atoms with Crippen molar-refractivity contribution in [3.8, 4) is 0 Å². The molecule has 0 aliphatic rings. The maximum absolute atomic E-state index is 12.4. The van der Waals surface area contributed by atoms with Crippen molar-refractivity contribution >= 4 is 27.3 Å². The van der Waals surface area contributed by atoms with Gasteiger partial charge in [-0.25, -0.2) is 8.57 Å². The van der Waals surface area contributed by atoms with Crippen molar-refractivity contribution in [1.29, 1.82) is 0 Å². The van der Waals surface area contributed by atoms with E-state index in [0.29, 0.717) is 5.56 Å². The van der Waals surface area contributed by atoms with Gasteiger partial charge < -0.3 is 0 Å². The highest BCUT2D eigenvalue weighted by molar-refractivity contribution is 9.09. The van der Waals surface area contributed by atoms with E-state index in [1.807, 2.05) is 0 Å². The van der Waals surface area contributed by atoms with Crippen LogP contribution < -0.4 is 0 Å². The highest BCUT2D eigenvalue weighted by Crippen LogP contribution is 2.24. The SMILES string of the molecule is O=S(O)OC(Br)c1ccc(F)cc1. The molecule has 1 N–H and O–H groups in total. The molecule has 0 bridgehead atoms. The van der Waals surface area contributed by atoms with Gasteiger partial charge in [-0.1, -0.05) is 28.1 Å². The maximum atomic E-state index is 12.4. The summed E-state index contributed by atoms with van der Waals surface area (Å²) in [6, 6.07) is 5.41. The molecule has 1 aromatic rings. The number of halogens is 2. The topological polar surface area (TPSA) is 46.5 Å². The Kier molecular flexibility index (Phi) is 3.98. The quantitative estimate of drug-likeness (QED) is 0.676. The van der Waals surface area contributed by atoms with Crippen molar-refractivity contribution in [1.82, 2.24) is 0 Å². The smallest absolute Gasteiger partial charge is 0.284 e. The molecular weight excluding hydrogens is 263 g/mol. The van der Waals surface area contributed by atoms with Crippen molar-refractivity contribution in [2.45, 2.75) is 5.01 Å². The second-order valence-electron chi connectivity index (χ2n) is 2.18. The van der Waals surface area contributed by atoms with E-state index < -0.39 is 16.4 Å². The fourth-order valence-electron chi connectivity index (χ4n) is 0.742. The maximum Gasteiger partial charge on any atom is 0.303 e. The average Bonchev–Trinajstić information content (AvgIpc) is 2.04. The van der Waals surface area contributed by atoms with Crippen LogP contribution in [0.25, 0.3) is 0 Å². The van der Waals surface area contributed by atoms with E-state index in [0.717, 1.165) is 0 Å². The molecule has 2 unspecified atom stereocenters. The van der Waals surface area contributed by atoms with Gasteiger partial charge in [-0.15, -0.1) is 0 Å². The largest absolute Gasteiger partial charge is 0.303 e. The summed E-state index contributed by atoms with van der Waals surface area (Å²) in [7, 11) is 0. The van der Waals surface area contributed by atoms with Crippen molar-refractivity contribution in [2.75, 3.05) is 0 Å². The fraction of sp³-hybridized carbons (Fsp3) is 0.143. The van der Waals surface area contributed by atoms with E-state index in [2.05, 4.69) is 20.1 Å². The number of rotatable bonds is 3. The fourth-order valence-corrected chi connectivity index (χ4v) is 1.69. The Morgan fingerprint density at radius 1 is 1.46 bits per heavy atom. The molecule has 72 valence electrons. The van der Waals surface area contributed by atoms with E-state index in [-0.39, 0.29) is 5.82 Å². The van der Waals surface area contributed by atoms with Gasteiger partial charge in [0.15, 0.2) is 5.01 Å². The lowest BCUT2D eigenvalue weighted by atomic mass is 10.2. The third kappa shape index (κ3) is 3.51. The molecule has 1 rings (SSSR count). The van der Waals surface area contributed by atoms with Gasteiger partial charge in [-0.3, -0.25) is 4.55 Å². The third-order valence-corrected chi connectivity index (χ3v) is 2.62. The Morgan fingerprint density at radius 2 is 2.00 bits per heavy atom. The van der Waals surface area contributed by atoms with Gasteiger partial charge in [-0.2, -0.15) is 4.21 Å². The number of alkyl halides is 1. The van der Waals surface area contributed by atoms with Gasteiger partial charge in [-0.05, 0) is 17.7 Å². The molecule has 1 aromatic carbocycles. The molecule has 0 heterocycles. The van der Waals surface area contributed by atoms with Crippen molar-refractivity contribution in [2.24, 2.45) is 0 Å². The average molecular weight is 269 g/mol. The summed E-state index contributed by atoms with van der Waals surface area (Å²) in [6.07, 6.45) is 0. The van der Waals surface area contributed by atoms with Crippen LogP contribution in [0.5, 0.6) is 0 Å². The van der Waals surface area contributed by atoms with Crippen LogP contribution in [0, 0.1) is 5.82 Å². The van der Waals surface area contributed by atoms with Gasteiger partial charge in [0.2, 0.25) is 0 Å². The molecule has 2 atom stereocenters. The molecule has 0 spiro atoms. The molecule has 0 fully saturated rings. The van der Waals surface area contributed by atoms with E-state index in [1.54, 1.807) is 0 Å². The Bertz CT molecular complexity index is 303. The van der Waals surface area contributed by atoms with E-state index in [9.17, 15) is 8.60 Å². The molecule has 6 heteroatoms. The Labute approximate surface area is 85.5 Å². The van der Waals surface area contributed by atoms with E-state index >= 15 is 0 Å². The zero-order valence-electron chi connectivity index (χ0n) is 6.31. The second kappa shape index (κ2) is 4.80. The molecule has 0 aliphatic heterocycles. The third-order valence-electron chi connectivity index (χ3n) is 1.30. The first-order chi connectivity index (χ1) is 6.09. The van der Waals surface area contributed by atoms with Crippen LogP contribution in [-0.4, -0.2) is 8.76 Å². The normalized spacial score (nSPS) is 15.3. The van der Waals surface area contributed by atoms with Crippen LogP contribution in [-0.2, 0) is 15.5 Å². The molecule has 0 saturated heterocycles. The second-order valence-corrected chi connectivity index (χ2v) is 3.64. The Morgan fingerprint density at radius 3 is 2.46 bits per heavy atom. The molecule has 3 nitrogen and oxygen atoms in total. The van der Waals surface area contributed by atoms with Crippen LogP contribution in [0.15, 0.2) is 24.3 Å². The minimum Gasteiger partial charge on any atom is -0.284 e. The lowest BCUT2D eigenvalue weighted by molar-refractivity contribution is 0.293. The molecule has 0 radical (unpaired) electrons. The molecule has 13 heavy (non-hydrogen) atoms. The minimum absolute atomic E-state index is 0.367. The van der Waals surface area contributed by atoms with Crippen molar-refractivity contribution in [3.05, 3.63) is 35.6 Å². The number of hydrogen-bond acceptors (Lipinski definition) is 2. The predicted octanol–water partition coefficient (Wildman–Crippen LogP) is 2.37. The number of benzene rings is 1. The molecule has 0 aromatic heterocycles. The van der Waals surface area contributed by atoms with Gasteiger partial charge in [0.1, 0.15) is 5.82 Å². The lowest BCUT2D eigenvalue weighted by Gasteiger charge is -2.06. The first-order valence-corrected chi connectivity index (χ1v) is 5.22. The van der Waals surface area contributed by atoms with Crippen LogP contribution in [0.2, 0.25) is 0 Å². The van der Waals surface area contributed by atoms with Crippen molar-refractivity contribution < 1.29 is 17.3 Å². The zero-order chi connectivity index (χ0) is 9.84. The molecule has 0 amide bonds. The van der Waals surface area contributed by atoms with Crippen LogP contribution in [0.3, 0.4) is 0 Å². The van der Waals surface area contributed by atoms with Gasteiger partial charge in [0.25, 0.3) is 0 Å². The summed E-state index contributed by atoms with van der Waals surface area (Å²) in [5.41, 5.74) is 0.573. The van der Waals surface area contributed by atoms with E-state index in [4.69, 9.17) is 4.55 Å². The summed E-state index contributed by atoms with van der Waals surface area (Å²) in [6.45, 7) is 0. The minimum atomic E-state index is -2.34. The summed E-state index contributed by atoms with van der Waals surface area (Å²) in [5.74, 6) is -0.367. The van der Waals surface area contributed by atoms with Crippen LogP contribution in [0.1, 0.15) is 10.6 Å². The molecular formula is C7H6BrFO3S. The first kappa shape index (κ1) is 10.8. The Balaban J connectivity index is 2.71. The van der Waals surface area contributed by atoms with E-state index in [1.165, 1.54) is 24.3 Å². The van der Waals surface area contributed by atoms with Gasteiger partial charge >= 0.3 is 11.4 Å². The Hall–Kier alpha value is -0.300. The van der Waals surface area contributed by atoms with Crippen molar-refractivity contribution in [3.63, 3.8) is 0 Å². The van der Waals surface area contributed by atoms with Gasteiger partial charge in [0, 0.05) is 0 Å². The van der Waals surface area contributed by atoms with Gasteiger partial charge in [0.05, 0.1) is 0 Å². The monoisotopic (exact) mass is 268 g/mol. The first-order valence-electron chi connectivity index (χ1n) is 3.27. The standard InChI is InChI=1S/C7H6BrFO3S/c8-7(12-13(10)11)5-1-3-6(9)4-2-5/h1-4,7H,(H,10,11). The van der Waals surface area contributed by atoms with Crippen LogP contribution in [0.4, 0.5) is 4.39 Å².